The molecular formula is C11H8FIN2O2. The molecule has 6 heteroatoms. The minimum atomic E-state index is -0.330. The molecule has 1 aromatic heterocycles. The molecule has 88 valence electrons. The first kappa shape index (κ1) is 12.0. The zero-order chi connectivity index (χ0) is 12.4. The lowest BCUT2D eigenvalue weighted by atomic mass is 10.2. The molecule has 0 bridgehead atoms. The van der Waals surface area contributed by atoms with E-state index in [4.69, 9.17) is 4.74 Å². The minimum absolute atomic E-state index is 0.212. The van der Waals surface area contributed by atoms with Crippen molar-refractivity contribution in [3.05, 3.63) is 49.8 Å². The molecule has 0 spiro atoms. The van der Waals surface area contributed by atoms with Crippen molar-refractivity contribution in [3.8, 4) is 11.6 Å². The molecule has 1 N–H and O–H groups in total. The molecule has 0 fully saturated rings. The third-order valence-electron chi connectivity index (χ3n) is 2.11. The number of halogens is 2. The molecule has 0 unspecified atom stereocenters. The smallest absolute Gasteiger partial charge is 0.268 e. The predicted molar refractivity (Wildman–Crippen MR) is 68.8 cm³/mol. The van der Waals surface area contributed by atoms with E-state index in [1.54, 1.807) is 6.92 Å². The van der Waals surface area contributed by atoms with Crippen molar-refractivity contribution < 1.29 is 9.13 Å². The summed E-state index contributed by atoms with van der Waals surface area (Å²) < 4.78 is 18.7. The van der Waals surface area contributed by atoms with Crippen LogP contribution in [0.2, 0.25) is 0 Å². The summed E-state index contributed by atoms with van der Waals surface area (Å²) in [5.74, 6) is 0.356. The van der Waals surface area contributed by atoms with Crippen LogP contribution in [-0.4, -0.2) is 9.97 Å². The maximum Gasteiger partial charge on any atom is 0.268 e. The number of ether oxygens (including phenoxy) is 1. The summed E-state index contributed by atoms with van der Waals surface area (Å²) in [6, 6.07) is 4.15. The van der Waals surface area contributed by atoms with Gasteiger partial charge in [0.2, 0.25) is 5.88 Å². The van der Waals surface area contributed by atoms with Gasteiger partial charge in [-0.2, -0.15) is 0 Å². The number of H-pyrrole nitrogens is 1. The number of nitrogens with one attached hydrogen (secondary N) is 1. The van der Waals surface area contributed by atoms with E-state index in [-0.39, 0.29) is 17.3 Å². The summed E-state index contributed by atoms with van der Waals surface area (Å²) in [5, 5.41) is 0. The van der Waals surface area contributed by atoms with Crippen molar-refractivity contribution in [3.63, 3.8) is 0 Å². The summed E-state index contributed by atoms with van der Waals surface area (Å²) in [6.45, 7) is 1.72. The summed E-state index contributed by atoms with van der Waals surface area (Å²) in [5.41, 5.74) is 0.373. The van der Waals surface area contributed by atoms with E-state index in [2.05, 4.69) is 9.97 Å². The van der Waals surface area contributed by atoms with Gasteiger partial charge < -0.3 is 9.72 Å². The lowest BCUT2D eigenvalue weighted by molar-refractivity contribution is 0.451. The number of aryl methyl sites for hydroxylation is 1. The quantitative estimate of drug-likeness (QED) is 0.851. The first-order valence-electron chi connectivity index (χ1n) is 4.75. The molecule has 1 heterocycles. The van der Waals surface area contributed by atoms with Crippen molar-refractivity contribution >= 4 is 22.6 Å². The van der Waals surface area contributed by atoms with Crippen molar-refractivity contribution in [2.45, 2.75) is 6.92 Å². The van der Waals surface area contributed by atoms with Gasteiger partial charge in [-0.3, -0.25) is 4.79 Å². The fourth-order valence-corrected chi connectivity index (χ4v) is 1.67. The third kappa shape index (κ3) is 2.63. The van der Waals surface area contributed by atoms with Crippen molar-refractivity contribution in [2.75, 3.05) is 0 Å². The first-order valence-corrected chi connectivity index (χ1v) is 5.83. The normalized spacial score (nSPS) is 10.3. The fraction of sp³-hybridized carbons (Fsp3) is 0.0909. The molecule has 2 rings (SSSR count). The van der Waals surface area contributed by atoms with Crippen LogP contribution in [0.15, 0.2) is 29.3 Å². The Balaban J connectivity index is 2.38. The molecular weight excluding hydrogens is 338 g/mol. The maximum atomic E-state index is 12.9. The van der Waals surface area contributed by atoms with Crippen LogP contribution in [0, 0.1) is 16.3 Å². The van der Waals surface area contributed by atoms with Crippen LogP contribution >= 0.6 is 22.6 Å². The van der Waals surface area contributed by atoms with E-state index in [1.807, 2.05) is 22.6 Å². The zero-order valence-electron chi connectivity index (χ0n) is 8.83. The zero-order valence-corrected chi connectivity index (χ0v) is 11.0. The standard InChI is InChI=1S/C11H8FIN2O2/c1-6-4-7(12)2-3-8(6)17-11-9(13)10(16)14-5-15-11/h2-5H,1H3,(H,14,15,16). The topological polar surface area (TPSA) is 55.0 Å². The van der Waals surface area contributed by atoms with Crippen LogP contribution in [0.5, 0.6) is 11.6 Å². The second kappa shape index (κ2) is 4.82. The number of hydrogen-bond acceptors (Lipinski definition) is 3. The van der Waals surface area contributed by atoms with Gasteiger partial charge in [-0.1, -0.05) is 0 Å². The van der Waals surface area contributed by atoms with E-state index in [0.717, 1.165) is 0 Å². The molecule has 0 aliphatic carbocycles. The molecule has 2 aromatic rings. The SMILES string of the molecule is Cc1cc(F)ccc1Oc1nc[nH]c(=O)c1I. The highest BCUT2D eigenvalue weighted by atomic mass is 127. The number of hydrogen-bond donors (Lipinski definition) is 1. The van der Waals surface area contributed by atoms with Gasteiger partial charge in [0.05, 0.1) is 6.33 Å². The van der Waals surface area contributed by atoms with Crippen molar-refractivity contribution in [2.24, 2.45) is 0 Å². The molecule has 4 nitrogen and oxygen atoms in total. The second-order valence-corrected chi connectivity index (χ2v) is 4.44. The van der Waals surface area contributed by atoms with Gasteiger partial charge in [0, 0.05) is 0 Å². The molecule has 0 amide bonds. The predicted octanol–water partition coefficient (Wildman–Crippen LogP) is 2.61. The van der Waals surface area contributed by atoms with Gasteiger partial charge in [-0.15, -0.1) is 0 Å². The van der Waals surface area contributed by atoms with Crippen molar-refractivity contribution in [1.29, 1.82) is 0 Å². The molecule has 0 aliphatic rings. The summed E-state index contributed by atoms with van der Waals surface area (Å²) in [4.78, 5) is 17.7. The Kier molecular flexibility index (Phi) is 3.41. The number of benzene rings is 1. The summed E-state index contributed by atoms with van der Waals surface area (Å²) in [7, 11) is 0. The molecule has 0 radical (unpaired) electrons. The highest BCUT2D eigenvalue weighted by Gasteiger charge is 2.09. The molecule has 17 heavy (non-hydrogen) atoms. The van der Waals surface area contributed by atoms with Crippen molar-refractivity contribution in [1.82, 2.24) is 9.97 Å². The molecule has 0 saturated heterocycles. The van der Waals surface area contributed by atoms with Gasteiger partial charge in [0.15, 0.2) is 0 Å². The third-order valence-corrected chi connectivity index (χ3v) is 3.06. The number of aromatic nitrogens is 2. The van der Waals surface area contributed by atoms with Gasteiger partial charge in [0.1, 0.15) is 15.1 Å². The largest absolute Gasteiger partial charge is 0.437 e. The second-order valence-electron chi connectivity index (χ2n) is 3.36. The Morgan fingerprint density at radius 1 is 1.47 bits per heavy atom. The Morgan fingerprint density at radius 2 is 2.24 bits per heavy atom. The lowest BCUT2D eigenvalue weighted by Crippen LogP contribution is -2.11. The Labute approximate surface area is 110 Å². The van der Waals surface area contributed by atoms with Crippen LogP contribution < -0.4 is 10.3 Å². The number of aromatic amines is 1. The van der Waals surface area contributed by atoms with Gasteiger partial charge in [0.25, 0.3) is 5.56 Å². The Morgan fingerprint density at radius 3 is 2.94 bits per heavy atom. The fourth-order valence-electron chi connectivity index (χ4n) is 1.27. The summed E-state index contributed by atoms with van der Waals surface area (Å²) >= 11 is 1.84. The molecule has 0 atom stereocenters. The average molecular weight is 346 g/mol. The monoisotopic (exact) mass is 346 g/mol. The Hall–Kier alpha value is -1.44. The Bertz CT molecular complexity index is 613. The minimum Gasteiger partial charge on any atom is -0.437 e. The molecule has 1 aromatic carbocycles. The van der Waals surface area contributed by atoms with Crippen LogP contribution in [0.25, 0.3) is 0 Å². The van der Waals surface area contributed by atoms with Gasteiger partial charge >= 0.3 is 0 Å². The van der Waals surface area contributed by atoms with E-state index >= 15 is 0 Å². The lowest BCUT2D eigenvalue weighted by Gasteiger charge is -2.08. The first-order chi connectivity index (χ1) is 8.08. The number of rotatable bonds is 2. The van der Waals surface area contributed by atoms with E-state index < -0.39 is 0 Å². The highest BCUT2D eigenvalue weighted by molar-refractivity contribution is 14.1. The summed E-state index contributed by atoms with van der Waals surface area (Å²) in [6.07, 6.45) is 1.26. The van der Waals surface area contributed by atoms with E-state index in [1.165, 1.54) is 24.5 Å². The molecule has 0 aliphatic heterocycles. The molecule has 0 saturated carbocycles. The van der Waals surface area contributed by atoms with Gasteiger partial charge in [-0.25, -0.2) is 9.37 Å². The van der Waals surface area contributed by atoms with Crippen LogP contribution in [0.1, 0.15) is 5.56 Å². The van der Waals surface area contributed by atoms with E-state index in [0.29, 0.717) is 14.9 Å². The number of nitrogens with zero attached hydrogens (tertiary/aromatic N) is 1. The van der Waals surface area contributed by atoms with Crippen LogP contribution in [0.3, 0.4) is 0 Å². The van der Waals surface area contributed by atoms with Crippen LogP contribution in [-0.2, 0) is 0 Å². The van der Waals surface area contributed by atoms with E-state index in [9.17, 15) is 9.18 Å². The average Bonchev–Trinajstić information content (AvgIpc) is 2.28. The van der Waals surface area contributed by atoms with Crippen LogP contribution in [0.4, 0.5) is 4.39 Å². The van der Waals surface area contributed by atoms with Gasteiger partial charge in [-0.05, 0) is 53.3 Å². The highest BCUT2D eigenvalue weighted by Crippen LogP contribution is 2.25. The maximum absolute atomic E-state index is 12.9.